The lowest BCUT2D eigenvalue weighted by molar-refractivity contribution is 0.107. The zero-order chi connectivity index (χ0) is 21.2. The van der Waals surface area contributed by atoms with Gasteiger partial charge >= 0.3 is 0 Å². The van der Waals surface area contributed by atoms with Gasteiger partial charge < -0.3 is 26.0 Å². The van der Waals surface area contributed by atoms with E-state index in [1.54, 1.807) is 0 Å². The number of benzene rings is 1. The van der Waals surface area contributed by atoms with E-state index in [4.69, 9.17) is 15.7 Å². The van der Waals surface area contributed by atoms with Crippen LogP contribution in [0.2, 0.25) is 0 Å². The van der Waals surface area contributed by atoms with Gasteiger partial charge in [0.15, 0.2) is 17.0 Å². The normalized spacial score (nSPS) is 23.0. The van der Waals surface area contributed by atoms with Crippen molar-refractivity contribution in [3.8, 4) is 0 Å². The Bertz CT molecular complexity index is 1030. The molecule has 1 aromatic carbocycles. The standard InChI is InChI=1S/C23H31N7O.2ClH/c24-16-10-11-18(19(31)12-16)27-23-28-21(25-13-15-6-2-1-3-7-15)20-22(29-23)30(14-26-20)17-8-4-5-9-17;;/h1-3,6-7,14,16-19,31H,4-5,8-13,24H2,(H2,25,27,28,29);2*1H. The summed E-state index contributed by atoms with van der Waals surface area (Å²) in [5.74, 6) is 1.25. The molecule has 2 heterocycles. The average molecular weight is 494 g/mol. The molecule has 3 atom stereocenters. The van der Waals surface area contributed by atoms with Crippen LogP contribution in [-0.2, 0) is 6.54 Å². The van der Waals surface area contributed by atoms with Crippen LogP contribution in [0.15, 0.2) is 36.7 Å². The zero-order valence-electron chi connectivity index (χ0n) is 18.6. The van der Waals surface area contributed by atoms with E-state index >= 15 is 0 Å². The molecule has 0 amide bonds. The van der Waals surface area contributed by atoms with Gasteiger partial charge in [0.2, 0.25) is 5.95 Å². The molecule has 3 unspecified atom stereocenters. The third kappa shape index (κ3) is 5.69. The Kier molecular flexibility index (Phi) is 8.75. The molecule has 0 aliphatic heterocycles. The Hall–Kier alpha value is -2.13. The lowest BCUT2D eigenvalue weighted by atomic mass is 9.89. The maximum atomic E-state index is 10.5. The number of anilines is 2. The first-order valence-corrected chi connectivity index (χ1v) is 11.4. The Morgan fingerprint density at radius 1 is 1.03 bits per heavy atom. The molecular weight excluding hydrogens is 461 g/mol. The van der Waals surface area contributed by atoms with E-state index in [0.717, 1.165) is 42.7 Å². The number of rotatable bonds is 6. The molecule has 2 aliphatic rings. The van der Waals surface area contributed by atoms with E-state index in [1.165, 1.54) is 18.4 Å². The first kappa shape index (κ1) is 25.5. The van der Waals surface area contributed by atoms with Crippen molar-refractivity contribution < 1.29 is 5.11 Å². The largest absolute Gasteiger partial charge is 0.391 e. The molecular formula is C23H33Cl2N7O. The van der Waals surface area contributed by atoms with Crippen LogP contribution in [0.3, 0.4) is 0 Å². The molecule has 0 bridgehead atoms. The lowest BCUT2D eigenvalue weighted by Gasteiger charge is -2.31. The molecule has 2 aromatic heterocycles. The molecule has 2 fully saturated rings. The zero-order valence-corrected chi connectivity index (χ0v) is 20.2. The highest BCUT2D eigenvalue weighted by molar-refractivity contribution is 5.86. The molecule has 3 aromatic rings. The predicted octanol–water partition coefficient (Wildman–Crippen LogP) is 4.05. The SMILES string of the molecule is Cl.Cl.NC1CCC(Nc2nc(NCc3ccccc3)c3ncn(C4CCCC4)c3n2)C(O)C1. The molecule has 5 rings (SSSR count). The summed E-state index contributed by atoms with van der Waals surface area (Å²) in [6.45, 7) is 0.656. The average Bonchev–Trinajstić information content (AvgIpc) is 3.44. The van der Waals surface area contributed by atoms with Gasteiger partial charge in [0.1, 0.15) is 0 Å². The third-order valence-electron chi connectivity index (χ3n) is 6.61. The van der Waals surface area contributed by atoms with Gasteiger partial charge in [0, 0.05) is 18.6 Å². The first-order chi connectivity index (χ1) is 15.2. The quantitative estimate of drug-likeness (QED) is 0.409. The van der Waals surface area contributed by atoms with Crippen molar-refractivity contribution in [3.05, 3.63) is 42.2 Å². The minimum absolute atomic E-state index is 0. The maximum absolute atomic E-state index is 10.5. The Morgan fingerprint density at radius 2 is 1.79 bits per heavy atom. The van der Waals surface area contributed by atoms with Gasteiger partial charge in [-0.3, -0.25) is 0 Å². The smallest absolute Gasteiger partial charge is 0.227 e. The summed E-state index contributed by atoms with van der Waals surface area (Å²) in [6.07, 6.45) is 8.49. The number of nitrogens with two attached hydrogens (primary N) is 1. The van der Waals surface area contributed by atoms with E-state index in [2.05, 4.69) is 32.3 Å². The summed E-state index contributed by atoms with van der Waals surface area (Å²) in [5.41, 5.74) is 8.83. The number of hydrogen-bond donors (Lipinski definition) is 4. The van der Waals surface area contributed by atoms with Crippen molar-refractivity contribution in [2.24, 2.45) is 5.73 Å². The molecule has 0 saturated heterocycles. The van der Waals surface area contributed by atoms with Crippen LogP contribution in [0.1, 0.15) is 56.6 Å². The fourth-order valence-electron chi connectivity index (χ4n) is 4.85. The van der Waals surface area contributed by atoms with Crippen LogP contribution >= 0.6 is 24.8 Å². The predicted molar refractivity (Wildman–Crippen MR) is 136 cm³/mol. The Labute approximate surface area is 206 Å². The minimum atomic E-state index is -0.497. The van der Waals surface area contributed by atoms with Gasteiger partial charge in [-0.1, -0.05) is 43.2 Å². The summed E-state index contributed by atoms with van der Waals surface area (Å²) in [4.78, 5) is 14.3. The van der Waals surface area contributed by atoms with Gasteiger partial charge in [-0.05, 0) is 37.7 Å². The number of nitrogens with one attached hydrogen (secondary N) is 2. The summed E-state index contributed by atoms with van der Waals surface area (Å²) < 4.78 is 2.20. The Morgan fingerprint density at radius 3 is 2.52 bits per heavy atom. The first-order valence-electron chi connectivity index (χ1n) is 11.4. The highest BCUT2D eigenvalue weighted by Gasteiger charge is 2.28. The van der Waals surface area contributed by atoms with Gasteiger partial charge in [-0.2, -0.15) is 9.97 Å². The molecule has 10 heteroatoms. The highest BCUT2D eigenvalue weighted by atomic mass is 35.5. The van der Waals surface area contributed by atoms with Gasteiger partial charge in [-0.25, -0.2) is 4.98 Å². The minimum Gasteiger partial charge on any atom is -0.391 e. The number of hydrogen-bond acceptors (Lipinski definition) is 7. The van der Waals surface area contributed by atoms with Gasteiger partial charge in [0.05, 0.1) is 18.5 Å². The lowest BCUT2D eigenvalue weighted by Crippen LogP contribution is -2.44. The van der Waals surface area contributed by atoms with E-state index in [0.29, 0.717) is 25.0 Å². The molecule has 0 radical (unpaired) electrons. The molecule has 180 valence electrons. The fraction of sp³-hybridized carbons (Fsp3) is 0.522. The topological polar surface area (TPSA) is 114 Å². The molecule has 2 saturated carbocycles. The fourth-order valence-corrected chi connectivity index (χ4v) is 4.85. The number of fused-ring (bicyclic) bond motifs is 1. The number of nitrogens with zero attached hydrogens (tertiary/aromatic N) is 4. The highest BCUT2D eigenvalue weighted by Crippen LogP contribution is 2.33. The van der Waals surface area contributed by atoms with Crippen molar-refractivity contribution in [3.63, 3.8) is 0 Å². The van der Waals surface area contributed by atoms with Crippen molar-refractivity contribution in [2.75, 3.05) is 10.6 Å². The summed E-state index contributed by atoms with van der Waals surface area (Å²) in [5, 5.41) is 17.3. The van der Waals surface area contributed by atoms with Crippen molar-refractivity contribution in [2.45, 2.75) is 75.7 Å². The number of aliphatic hydroxyl groups is 1. The van der Waals surface area contributed by atoms with Crippen molar-refractivity contribution >= 4 is 47.7 Å². The molecule has 8 nitrogen and oxygen atoms in total. The van der Waals surface area contributed by atoms with Crippen LogP contribution in [0.4, 0.5) is 11.8 Å². The molecule has 0 spiro atoms. The Balaban J connectivity index is 0.00000153. The van der Waals surface area contributed by atoms with E-state index < -0.39 is 6.10 Å². The summed E-state index contributed by atoms with van der Waals surface area (Å²) in [6, 6.07) is 10.7. The van der Waals surface area contributed by atoms with Crippen molar-refractivity contribution in [1.82, 2.24) is 19.5 Å². The van der Waals surface area contributed by atoms with Crippen LogP contribution in [0, 0.1) is 0 Å². The number of halogens is 2. The van der Waals surface area contributed by atoms with Crippen molar-refractivity contribution in [1.29, 1.82) is 0 Å². The van der Waals surface area contributed by atoms with Gasteiger partial charge in [0.25, 0.3) is 0 Å². The molecule has 33 heavy (non-hydrogen) atoms. The van der Waals surface area contributed by atoms with Crippen LogP contribution < -0.4 is 16.4 Å². The second-order valence-corrected chi connectivity index (χ2v) is 8.89. The second-order valence-electron chi connectivity index (χ2n) is 8.89. The second kappa shape index (κ2) is 11.3. The summed E-state index contributed by atoms with van der Waals surface area (Å²) in [7, 11) is 0. The maximum Gasteiger partial charge on any atom is 0.227 e. The number of imidazole rings is 1. The number of aromatic nitrogens is 4. The van der Waals surface area contributed by atoms with E-state index in [1.807, 2.05) is 24.5 Å². The monoisotopic (exact) mass is 493 g/mol. The summed E-state index contributed by atoms with van der Waals surface area (Å²) >= 11 is 0. The van der Waals surface area contributed by atoms with E-state index in [-0.39, 0.29) is 36.9 Å². The molecule has 5 N–H and O–H groups in total. The van der Waals surface area contributed by atoms with Crippen LogP contribution in [-0.4, -0.2) is 42.8 Å². The van der Waals surface area contributed by atoms with Crippen LogP contribution in [0.5, 0.6) is 0 Å². The van der Waals surface area contributed by atoms with Crippen LogP contribution in [0.25, 0.3) is 11.2 Å². The number of aliphatic hydroxyl groups excluding tert-OH is 1. The molecule has 2 aliphatic carbocycles. The van der Waals surface area contributed by atoms with E-state index in [9.17, 15) is 5.11 Å². The third-order valence-corrected chi connectivity index (χ3v) is 6.61. The van der Waals surface area contributed by atoms with Gasteiger partial charge in [-0.15, -0.1) is 24.8 Å².